The van der Waals surface area contributed by atoms with Crippen molar-refractivity contribution in [1.82, 2.24) is 10.2 Å². The number of nitrogens with zero attached hydrogens (tertiary/aromatic N) is 1. The molecule has 1 aliphatic rings. The van der Waals surface area contributed by atoms with Crippen LogP contribution in [0.25, 0.3) is 0 Å². The Kier molecular flexibility index (Phi) is 6.55. The SMILES string of the molecule is CC(CNC(C)CCc1ccccc1)CN1CCCC1. The molecule has 2 unspecified atom stereocenters. The molecule has 2 rings (SSSR count). The molecule has 0 aliphatic carbocycles. The second-order valence-corrected chi connectivity index (χ2v) is 6.45. The van der Waals surface area contributed by atoms with Crippen LogP contribution in [0.5, 0.6) is 0 Å². The topological polar surface area (TPSA) is 15.3 Å². The minimum Gasteiger partial charge on any atom is -0.314 e. The van der Waals surface area contributed by atoms with Gasteiger partial charge in [-0.2, -0.15) is 0 Å². The molecule has 0 spiro atoms. The molecule has 2 atom stereocenters. The average molecular weight is 274 g/mol. The van der Waals surface area contributed by atoms with Gasteiger partial charge >= 0.3 is 0 Å². The molecule has 1 heterocycles. The third-order valence-corrected chi connectivity index (χ3v) is 4.29. The van der Waals surface area contributed by atoms with Gasteiger partial charge in [0.05, 0.1) is 0 Å². The summed E-state index contributed by atoms with van der Waals surface area (Å²) in [6.07, 6.45) is 5.19. The molecule has 20 heavy (non-hydrogen) atoms. The van der Waals surface area contributed by atoms with Gasteiger partial charge in [0.1, 0.15) is 0 Å². The highest BCUT2D eigenvalue weighted by molar-refractivity contribution is 5.14. The summed E-state index contributed by atoms with van der Waals surface area (Å²) in [5.41, 5.74) is 1.45. The van der Waals surface area contributed by atoms with Crippen LogP contribution in [0.15, 0.2) is 30.3 Å². The lowest BCUT2D eigenvalue weighted by Crippen LogP contribution is -2.35. The van der Waals surface area contributed by atoms with Gasteiger partial charge in [-0.1, -0.05) is 37.3 Å². The first-order chi connectivity index (χ1) is 9.74. The van der Waals surface area contributed by atoms with Gasteiger partial charge in [0.15, 0.2) is 0 Å². The Morgan fingerprint density at radius 2 is 1.80 bits per heavy atom. The van der Waals surface area contributed by atoms with Crippen molar-refractivity contribution in [1.29, 1.82) is 0 Å². The highest BCUT2D eigenvalue weighted by Crippen LogP contribution is 2.10. The summed E-state index contributed by atoms with van der Waals surface area (Å²) < 4.78 is 0. The zero-order chi connectivity index (χ0) is 14.2. The molecular weight excluding hydrogens is 244 g/mol. The Morgan fingerprint density at radius 3 is 2.50 bits per heavy atom. The second kappa shape index (κ2) is 8.43. The number of nitrogens with one attached hydrogen (secondary N) is 1. The molecule has 0 amide bonds. The summed E-state index contributed by atoms with van der Waals surface area (Å²) in [5, 5.41) is 3.70. The van der Waals surface area contributed by atoms with E-state index in [1.807, 2.05) is 0 Å². The van der Waals surface area contributed by atoms with E-state index in [9.17, 15) is 0 Å². The summed E-state index contributed by atoms with van der Waals surface area (Å²) in [5.74, 6) is 0.757. The maximum absolute atomic E-state index is 3.70. The van der Waals surface area contributed by atoms with Crippen LogP contribution in [0.3, 0.4) is 0 Å². The van der Waals surface area contributed by atoms with Gasteiger partial charge in [-0.15, -0.1) is 0 Å². The maximum atomic E-state index is 3.70. The van der Waals surface area contributed by atoms with Crippen LogP contribution in [0, 0.1) is 5.92 Å². The van der Waals surface area contributed by atoms with E-state index in [0.717, 1.165) is 12.5 Å². The van der Waals surface area contributed by atoms with Gasteiger partial charge in [0, 0.05) is 12.6 Å². The van der Waals surface area contributed by atoms with Crippen LogP contribution in [0.1, 0.15) is 38.7 Å². The molecule has 1 aromatic rings. The minimum atomic E-state index is 0.608. The van der Waals surface area contributed by atoms with Gasteiger partial charge in [-0.3, -0.25) is 0 Å². The molecule has 2 heteroatoms. The van der Waals surface area contributed by atoms with Crippen molar-refractivity contribution < 1.29 is 0 Å². The lowest BCUT2D eigenvalue weighted by molar-refractivity contribution is 0.278. The van der Waals surface area contributed by atoms with E-state index in [-0.39, 0.29) is 0 Å². The Hall–Kier alpha value is -0.860. The predicted octanol–water partition coefficient (Wildman–Crippen LogP) is 3.33. The van der Waals surface area contributed by atoms with E-state index in [1.54, 1.807) is 0 Å². The van der Waals surface area contributed by atoms with Crippen LogP contribution in [-0.4, -0.2) is 37.1 Å². The number of hydrogen-bond acceptors (Lipinski definition) is 2. The van der Waals surface area contributed by atoms with Gasteiger partial charge < -0.3 is 10.2 Å². The van der Waals surface area contributed by atoms with Crippen molar-refractivity contribution >= 4 is 0 Å². The molecule has 112 valence electrons. The fraction of sp³-hybridized carbons (Fsp3) is 0.667. The Morgan fingerprint density at radius 1 is 1.10 bits per heavy atom. The zero-order valence-electron chi connectivity index (χ0n) is 13.1. The quantitative estimate of drug-likeness (QED) is 0.782. The van der Waals surface area contributed by atoms with E-state index < -0.39 is 0 Å². The molecule has 0 saturated carbocycles. The average Bonchev–Trinajstić information content (AvgIpc) is 2.97. The summed E-state index contributed by atoms with van der Waals surface area (Å²) in [4.78, 5) is 2.61. The molecule has 1 aromatic carbocycles. The fourth-order valence-electron chi connectivity index (χ4n) is 3.00. The minimum absolute atomic E-state index is 0.608. The van der Waals surface area contributed by atoms with Gasteiger partial charge in [0.2, 0.25) is 0 Å². The van der Waals surface area contributed by atoms with Gasteiger partial charge in [-0.05, 0) is 63.7 Å². The molecule has 2 nitrogen and oxygen atoms in total. The lowest BCUT2D eigenvalue weighted by atomic mass is 10.1. The smallest absolute Gasteiger partial charge is 0.00420 e. The predicted molar refractivity (Wildman–Crippen MR) is 87.1 cm³/mol. The first kappa shape index (κ1) is 15.5. The van der Waals surface area contributed by atoms with Crippen LogP contribution >= 0.6 is 0 Å². The standard InChI is InChI=1S/C18H30N2/c1-16(15-20-12-6-7-13-20)14-19-17(2)10-11-18-8-4-3-5-9-18/h3-5,8-9,16-17,19H,6-7,10-15H2,1-2H3. The monoisotopic (exact) mass is 274 g/mol. The molecule has 1 fully saturated rings. The normalized spacial score (nSPS) is 19.1. The Bertz CT molecular complexity index is 357. The summed E-state index contributed by atoms with van der Waals surface area (Å²) >= 11 is 0. The van der Waals surface area contributed by atoms with Crippen LogP contribution < -0.4 is 5.32 Å². The van der Waals surface area contributed by atoms with E-state index in [4.69, 9.17) is 0 Å². The van der Waals surface area contributed by atoms with Crippen molar-refractivity contribution in [2.45, 2.75) is 45.6 Å². The maximum Gasteiger partial charge on any atom is 0.00420 e. The highest BCUT2D eigenvalue weighted by Gasteiger charge is 2.14. The molecule has 1 saturated heterocycles. The Labute approximate surface area is 124 Å². The Balaban J connectivity index is 1.58. The lowest BCUT2D eigenvalue weighted by Gasteiger charge is -2.22. The van der Waals surface area contributed by atoms with E-state index >= 15 is 0 Å². The largest absolute Gasteiger partial charge is 0.314 e. The van der Waals surface area contributed by atoms with Crippen molar-refractivity contribution in [3.05, 3.63) is 35.9 Å². The summed E-state index contributed by atoms with van der Waals surface area (Å²) in [6, 6.07) is 11.4. The van der Waals surface area contributed by atoms with Crippen molar-refractivity contribution in [2.24, 2.45) is 5.92 Å². The first-order valence-corrected chi connectivity index (χ1v) is 8.23. The van der Waals surface area contributed by atoms with Crippen LogP contribution in [0.4, 0.5) is 0 Å². The second-order valence-electron chi connectivity index (χ2n) is 6.45. The number of benzene rings is 1. The van der Waals surface area contributed by atoms with E-state index in [1.165, 1.54) is 50.9 Å². The molecular formula is C18H30N2. The summed E-state index contributed by atoms with van der Waals surface area (Å²) in [7, 11) is 0. The first-order valence-electron chi connectivity index (χ1n) is 8.23. The highest BCUT2D eigenvalue weighted by atomic mass is 15.1. The number of rotatable bonds is 8. The van der Waals surface area contributed by atoms with Gasteiger partial charge in [-0.25, -0.2) is 0 Å². The third kappa shape index (κ3) is 5.64. The number of aryl methyl sites for hydroxylation is 1. The van der Waals surface area contributed by atoms with E-state index in [0.29, 0.717) is 6.04 Å². The summed E-state index contributed by atoms with van der Waals surface area (Å²) in [6.45, 7) is 9.72. The number of hydrogen-bond donors (Lipinski definition) is 1. The van der Waals surface area contributed by atoms with Crippen molar-refractivity contribution in [3.63, 3.8) is 0 Å². The van der Waals surface area contributed by atoms with Crippen LogP contribution in [-0.2, 0) is 6.42 Å². The molecule has 0 bridgehead atoms. The number of likely N-dealkylation sites (tertiary alicyclic amines) is 1. The van der Waals surface area contributed by atoms with Crippen molar-refractivity contribution in [3.8, 4) is 0 Å². The molecule has 1 aliphatic heterocycles. The molecule has 0 aromatic heterocycles. The molecule has 1 N–H and O–H groups in total. The van der Waals surface area contributed by atoms with Crippen LogP contribution in [0.2, 0.25) is 0 Å². The van der Waals surface area contributed by atoms with Gasteiger partial charge in [0.25, 0.3) is 0 Å². The third-order valence-electron chi connectivity index (χ3n) is 4.29. The molecule has 0 radical (unpaired) electrons. The fourth-order valence-corrected chi connectivity index (χ4v) is 3.00. The van der Waals surface area contributed by atoms with Crippen molar-refractivity contribution in [2.75, 3.05) is 26.2 Å². The van der Waals surface area contributed by atoms with E-state index in [2.05, 4.69) is 54.4 Å². The zero-order valence-corrected chi connectivity index (χ0v) is 13.1.